The van der Waals surface area contributed by atoms with Crippen molar-refractivity contribution in [3.05, 3.63) is 48.6 Å². The molecular formula is C17H26O2. The molecule has 106 valence electrons. The first-order valence-corrected chi connectivity index (χ1v) is 7.12. The van der Waals surface area contributed by atoms with E-state index < -0.39 is 0 Å². The van der Waals surface area contributed by atoms with Gasteiger partial charge < -0.3 is 4.74 Å². The van der Waals surface area contributed by atoms with Crippen molar-refractivity contribution in [2.45, 2.75) is 46.0 Å². The summed E-state index contributed by atoms with van der Waals surface area (Å²) in [6.45, 7) is 4.42. The summed E-state index contributed by atoms with van der Waals surface area (Å²) in [5, 5.41) is 0. The summed E-state index contributed by atoms with van der Waals surface area (Å²) in [5.41, 5.74) is 0. The van der Waals surface area contributed by atoms with Gasteiger partial charge in [-0.25, -0.2) is 4.79 Å². The second-order valence-electron chi connectivity index (χ2n) is 4.13. The summed E-state index contributed by atoms with van der Waals surface area (Å²) in [5.74, 6) is -0.300. The summed E-state index contributed by atoms with van der Waals surface area (Å²) in [6, 6.07) is 0. The SMILES string of the molecule is CCCCC/C=C\C\C=C/C=C/C=C/C(=O)OCC. The minimum atomic E-state index is -0.300. The number of rotatable bonds is 10. The maximum absolute atomic E-state index is 11.0. The molecule has 0 spiro atoms. The standard InChI is InChI=1S/C17H26O2/c1-3-5-6-7-8-9-10-11-12-13-14-15-16-17(18)19-4-2/h8-9,11-16H,3-7,10H2,1-2H3/b9-8-,12-11-,14-13+,16-15+. The normalized spacial score (nSPS) is 12.3. The fraction of sp³-hybridized carbons (Fsp3) is 0.471. The van der Waals surface area contributed by atoms with Crippen molar-refractivity contribution in [2.75, 3.05) is 6.61 Å². The van der Waals surface area contributed by atoms with Crippen molar-refractivity contribution in [3.63, 3.8) is 0 Å². The van der Waals surface area contributed by atoms with Gasteiger partial charge in [0.05, 0.1) is 6.61 Å². The molecule has 0 saturated heterocycles. The van der Waals surface area contributed by atoms with Crippen LogP contribution in [0.15, 0.2) is 48.6 Å². The van der Waals surface area contributed by atoms with Crippen LogP contribution in [0.4, 0.5) is 0 Å². The number of ether oxygens (including phenoxy) is 1. The first kappa shape index (κ1) is 17.4. The van der Waals surface area contributed by atoms with Gasteiger partial charge in [-0.3, -0.25) is 0 Å². The number of carbonyl (C=O) groups excluding carboxylic acids is 1. The molecule has 0 N–H and O–H groups in total. The highest BCUT2D eigenvalue weighted by molar-refractivity contribution is 5.82. The van der Waals surface area contributed by atoms with E-state index >= 15 is 0 Å². The zero-order chi connectivity index (χ0) is 14.2. The smallest absolute Gasteiger partial charge is 0.330 e. The van der Waals surface area contributed by atoms with Crippen LogP contribution in [0.5, 0.6) is 0 Å². The Hall–Kier alpha value is -1.57. The average molecular weight is 262 g/mol. The Morgan fingerprint density at radius 3 is 2.47 bits per heavy atom. The molecule has 0 bridgehead atoms. The topological polar surface area (TPSA) is 26.3 Å². The summed E-state index contributed by atoms with van der Waals surface area (Å²) in [7, 11) is 0. The zero-order valence-electron chi connectivity index (χ0n) is 12.2. The fourth-order valence-electron chi connectivity index (χ4n) is 1.41. The Kier molecular flexibility index (Phi) is 13.3. The molecule has 0 saturated carbocycles. The Morgan fingerprint density at radius 2 is 1.74 bits per heavy atom. The molecule has 0 aromatic heterocycles. The van der Waals surface area contributed by atoms with E-state index in [4.69, 9.17) is 4.74 Å². The Labute approximate surface area is 117 Å². The number of hydrogen-bond donors (Lipinski definition) is 0. The van der Waals surface area contributed by atoms with Crippen molar-refractivity contribution >= 4 is 5.97 Å². The largest absolute Gasteiger partial charge is 0.463 e. The van der Waals surface area contributed by atoms with Crippen LogP contribution in [0.3, 0.4) is 0 Å². The van der Waals surface area contributed by atoms with E-state index in [0.717, 1.165) is 6.42 Å². The maximum Gasteiger partial charge on any atom is 0.330 e. The lowest BCUT2D eigenvalue weighted by Crippen LogP contribution is -1.98. The van der Waals surface area contributed by atoms with Gasteiger partial charge in [0.25, 0.3) is 0 Å². The molecule has 2 heteroatoms. The molecule has 0 amide bonds. The molecule has 0 atom stereocenters. The van der Waals surface area contributed by atoms with Crippen LogP contribution >= 0.6 is 0 Å². The second kappa shape index (κ2) is 14.5. The summed E-state index contributed by atoms with van der Waals surface area (Å²) < 4.78 is 4.76. The van der Waals surface area contributed by atoms with E-state index in [9.17, 15) is 4.79 Å². The third kappa shape index (κ3) is 14.4. The minimum Gasteiger partial charge on any atom is -0.463 e. The van der Waals surface area contributed by atoms with Gasteiger partial charge in [0, 0.05) is 6.08 Å². The van der Waals surface area contributed by atoms with Crippen LogP contribution < -0.4 is 0 Å². The summed E-state index contributed by atoms with van der Waals surface area (Å²) >= 11 is 0. The molecule has 19 heavy (non-hydrogen) atoms. The van der Waals surface area contributed by atoms with Crippen molar-refractivity contribution in [1.29, 1.82) is 0 Å². The molecule has 0 aliphatic carbocycles. The average Bonchev–Trinajstić information content (AvgIpc) is 2.40. The fourth-order valence-corrected chi connectivity index (χ4v) is 1.41. The monoisotopic (exact) mass is 262 g/mol. The van der Waals surface area contributed by atoms with Gasteiger partial charge in [-0.15, -0.1) is 0 Å². The van der Waals surface area contributed by atoms with Crippen LogP contribution in [0.2, 0.25) is 0 Å². The van der Waals surface area contributed by atoms with Gasteiger partial charge in [0.15, 0.2) is 0 Å². The molecule has 2 nitrogen and oxygen atoms in total. The highest BCUT2D eigenvalue weighted by atomic mass is 16.5. The van der Waals surface area contributed by atoms with Crippen molar-refractivity contribution in [3.8, 4) is 0 Å². The molecular weight excluding hydrogens is 236 g/mol. The number of hydrogen-bond acceptors (Lipinski definition) is 2. The molecule has 0 aromatic carbocycles. The van der Waals surface area contributed by atoms with Gasteiger partial charge in [-0.05, 0) is 26.2 Å². The van der Waals surface area contributed by atoms with Gasteiger partial charge in [-0.2, -0.15) is 0 Å². The first-order valence-electron chi connectivity index (χ1n) is 7.12. The van der Waals surface area contributed by atoms with Crippen molar-refractivity contribution in [2.24, 2.45) is 0 Å². The van der Waals surface area contributed by atoms with Crippen molar-refractivity contribution < 1.29 is 9.53 Å². The van der Waals surface area contributed by atoms with E-state index in [1.54, 1.807) is 13.0 Å². The quantitative estimate of drug-likeness (QED) is 0.187. The highest BCUT2D eigenvalue weighted by Gasteiger charge is 1.89. The van der Waals surface area contributed by atoms with Crippen molar-refractivity contribution in [1.82, 2.24) is 0 Å². The Balaban J connectivity index is 3.59. The molecule has 0 aromatic rings. The lowest BCUT2D eigenvalue weighted by Gasteiger charge is -1.92. The maximum atomic E-state index is 11.0. The number of unbranched alkanes of at least 4 members (excludes halogenated alkanes) is 3. The molecule has 0 aliphatic heterocycles. The number of esters is 1. The predicted molar refractivity (Wildman–Crippen MR) is 82.0 cm³/mol. The van der Waals surface area contributed by atoms with Crippen LogP contribution in [0.25, 0.3) is 0 Å². The number of allylic oxidation sites excluding steroid dienone is 7. The second-order valence-corrected chi connectivity index (χ2v) is 4.13. The summed E-state index contributed by atoms with van der Waals surface area (Å²) in [4.78, 5) is 11.0. The minimum absolute atomic E-state index is 0.300. The lowest BCUT2D eigenvalue weighted by molar-refractivity contribution is -0.137. The van der Waals surface area contributed by atoms with Gasteiger partial charge in [0.1, 0.15) is 0 Å². The van der Waals surface area contributed by atoms with E-state index in [1.807, 2.05) is 18.2 Å². The molecule has 0 heterocycles. The van der Waals surface area contributed by atoms with E-state index in [2.05, 4.69) is 25.2 Å². The van der Waals surface area contributed by atoms with Crippen LogP contribution in [0.1, 0.15) is 46.0 Å². The molecule has 0 unspecified atom stereocenters. The molecule has 0 fully saturated rings. The summed E-state index contributed by atoms with van der Waals surface area (Å²) in [6.07, 6.45) is 21.3. The third-order valence-corrected chi connectivity index (χ3v) is 2.40. The van der Waals surface area contributed by atoms with Gasteiger partial charge in [-0.1, -0.05) is 62.3 Å². The zero-order valence-corrected chi connectivity index (χ0v) is 12.2. The molecule has 0 aliphatic rings. The van der Waals surface area contributed by atoms with Gasteiger partial charge in [0.2, 0.25) is 0 Å². The molecule has 0 radical (unpaired) electrons. The first-order chi connectivity index (χ1) is 9.31. The van der Waals surface area contributed by atoms with E-state index in [1.165, 1.54) is 31.8 Å². The Bertz CT molecular complexity index is 322. The lowest BCUT2D eigenvalue weighted by atomic mass is 10.2. The van der Waals surface area contributed by atoms with Gasteiger partial charge >= 0.3 is 5.97 Å². The number of carbonyl (C=O) groups is 1. The van der Waals surface area contributed by atoms with Crippen LogP contribution in [-0.2, 0) is 9.53 Å². The van der Waals surface area contributed by atoms with E-state index in [-0.39, 0.29) is 5.97 Å². The predicted octanol–water partition coefficient (Wildman–Crippen LogP) is 4.74. The van der Waals surface area contributed by atoms with E-state index in [0.29, 0.717) is 6.61 Å². The Morgan fingerprint density at radius 1 is 0.947 bits per heavy atom. The van der Waals surface area contributed by atoms with Crippen LogP contribution in [0, 0.1) is 0 Å². The highest BCUT2D eigenvalue weighted by Crippen LogP contribution is 2.00. The van der Waals surface area contributed by atoms with Crippen LogP contribution in [-0.4, -0.2) is 12.6 Å². The molecule has 0 rings (SSSR count). The third-order valence-electron chi connectivity index (χ3n) is 2.40.